The molecule has 116 valence electrons. The largest absolute Gasteiger partial charge is 0.336 e. The lowest BCUT2D eigenvalue weighted by atomic mass is 9.90. The van der Waals surface area contributed by atoms with Crippen molar-refractivity contribution in [2.24, 2.45) is 5.73 Å². The minimum atomic E-state index is -0.343. The van der Waals surface area contributed by atoms with E-state index in [1.54, 1.807) is 6.07 Å². The van der Waals surface area contributed by atoms with Crippen molar-refractivity contribution in [2.75, 3.05) is 6.54 Å². The molecule has 5 heteroatoms. The molecule has 2 rings (SSSR count). The summed E-state index contributed by atoms with van der Waals surface area (Å²) in [5.41, 5.74) is 6.47. The van der Waals surface area contributed by atoms with Gasteiger partial charge in [-0.15, -0.1) is 0 Å². The van der Waals surface area contributed by atoms with Crippen LogP contribution < -0.4 is 5.73 Å². The Balaban J connectivity index is 2.18. The molecule has 0 spiro atoms. The molecule has 0 unspecified atom stereocenters. The first-order chi connectivity index (χ1) is 10.0. The van der Waals surface area contributed by atoms with Gasteiger partial charge in [0.05, 0.1) is 5.56 Å². The Bertz CT molecular complexity index is 501. The van der Waals surface area contributed by atoms with Crippen molar-refractivity contribution in [3.8, 4) is 0 Å². The molecule has 3 nitrogen and oxygen atoms in total. The zero-order valence-electron chi connectivity index (χ0n) is 12.3. The van der Waals surface area contributed by atoms with E-state index < -0.39 is 0 Å². The number of hydrogen-bond donors (Lipinski definition) is 1. The van der Waals surface area contributed by atoms with Crippen molar-refractivity contribution in [2.45, 2.75) is 51.1 Å². The van der Waals surface area contributed by atoms with Crippen molar-refractivity contribution in [1.29, 1.82) is 0 Å². The molecule has 21 heavy (non-hydrogen) atoms. The Labute approximate surface area is 133 Å². The third-order valence-corrected chi connectivity index (χ3v) is 4.73. The molecule has 0 atom stereocenters. The summed E-state index contributed by atoms with van der Waals surface area (Å²) in [5.74, 6) is -0.367. The van der Waals surface area contributed by atoms with Gasteiger partial charge in [0.15, 0.2) is 0 Å². The summed E-state index contributed by atoms with van der Waals surface area (Å²) in [6.07, 6.45) is 4.73. The van der Waals surface area contributed by atoms with E-state index in [0.29, 0.717) is 10.0 Å². The molecule has 0 radical (unpaired) electrons. The van der Waals surface area contributed by atoms with Crippen molar-refractivity contribution < 1.29 is 9.18 Å². The highest BCUT2D eigenvalue weighted by Gasteiger charge is 2.28. The number of carbonyl (C=O) groups excluding carboxylic acids is 1. The number of hydrogen-bond acceptors (Lipinski definition) is 2. The van der Waals surface area contributed by atoms with Gasteiger partial charge in [0.25, 0.3) is 5.91 Å². The quantitative estimate of drug-likeness (QED) is 0.893. The fourth-order valence-corrected chi connectivity index (χ4v) is 3.44. The van der Waals surface area contributed by atoms with E-state index in [1.165, 1.54) is 12.1 Å². The monoisotopic (exact) mass is 356 g/mol. The lowest BCUT2D eigenvalue weighted by Gasteiger charge is -2.36. The van der Waals surface area contributed by atoms with Crippen LogP contribution >= 0.6 is 15.9 Å². The average molecular weight is 357 g/mol. The summed E-state index contributed by atoms with van der Waals surface area (Å²) < 4.78 is 13.7. The zero-order chi connectivity index (χ0) is 15.4. The molecule has 0 saturated heterocycles. The second-order valence-corrected chi connectivity index (χ2v) is 6.55. The number of benzene rings is 1. The van der Waals surface area contributed by atoms with E-state index in [1.807, 2.05) is 4.90 Å². The number of halogens is 2. The number of amides is 1. The Morgan fingerprint density at radius 3 is 2.62 bits per heavy atom. The van der Waals surface area contributed by atoms with Crippen LogP contribution in [0.15, 0.2) is 22.7 Å². The molecular formula is C16H22BrFN2O. The maximum atomic E-state index is 13.2. The predicted octanol–water partition coefficient (Wildman–Crippen LogP) is 3.71. The Kier molecular flexibility index (Phi) is 5.76. The van der Waals surface area contributed by atoms with E-state index >= 15 is 0 Å². The van der Waals surface area contributed by atoms with Crippen LogP contribution in [0, 0.1) is 5.82 Å². The van der Waals surface area contributed by atoms with Gasteiger partial charge < -0.3 is 10.6 Å². The van der Waals surface area contributed by atoms with E-state index in [4.69, 9.17) is 5.73 Å². The molecule has 1 aliphatic carbocycles. The molecule has 2 N–H and O–H groups in total. The van der Waals surface area contributed by atoms with Crippen LogP contribution in [0.4, 0.5) is 4.39 Å². The van der Waals surface area contributed by atoms with Gasteiger partial charge in [-0.1, -0.05) is 6.92 Å². The molecule has 0 bridgehead atoms. The van der Waals surface area contributed by atoms with E-state index in [0.717, 1.165) is 38.6 Å². The van der Waals surface area contributed by atoms with Gasteiger partial charge >= 0.3 is 0 Å². The molecule has 0 aromatic heterocycles. The van der Waals surface area contributed by atoms with Gasteiger partial charge in [-0.3, -0.25) is 4.79 Å². The van der Waals surface area contributed by atoms with Crippen molar-refractivity contribution in [1.82, 2.24) is 4.90 Å². The van der Waals surface area contributed by atoms with Gasteiger partial charge in [0.1, 0.15) is 5.82 Å². The third-order valence-electron chi connectivity index (χ3n) is 4.07. The summed E-state index contributed by atoms with van der Waals surface area (Å²) in [5, 5.41) is 0. The molecule has 1 aromatic rings. The third kappa shape index (κ3) is 4.04. The first-order valence-electron chi connectivity index (χ1n) is 7.54. The minimum absolute atomic E-state index is 0.0239. The summed E-state index contributed by atoms with van der Waals surface area (Å²) in [7, 11) is 0. The smallest absolute Gasteiger partial charge is 0.255 e. The Morgan fingerprint density at radius 1 is 1.38 bits per heavy atom. The van der Waals surface area contributed by atoms with Gasteiger partial charge in [-0.25, -0.2) is 4.39 Å². The maximum absolute atomic E-state index is 13.2. The van der Waals surface area contributed by atoms with Crippen LogP contribution in [-0.2, 0) is 0 Å². The normalized spacial score (nSPS) is 22.1. The zero-order valence-corrected chi connectivity index (χ0v) is 13.9. The van der Waals surface area contributed by atoms with Crippen molar-refractivity contribution in [3.63, 3.8) is 0 Å². The van der Waals surface area contributed by atoms with Crippen LogP contribution in [0.1, 0.15) is 49.4 Å². The number of rotatable bonds is 4. The molecular weight excluding hydrogens is 335 g/mol. The fraction of sp³-hybridized carbons (Fsp3) is 0.562. The van der Waals surface area contributed by atoms with E-state index in [9.17, 15) is 9.18 Å². The molecule has 1 saturated carbocycles. The molecule has 1 fully saturated rings. The summed E-state index contributed by atoms with van der Waals surface area (Å²) in [4.78, 5) is 14.7. The van der Waals surface area contributed by atoms with Crippen LogP contribution in [-0.4, -0.2) is 29.4 Å². The molecule has 1 aromatic carbocycles. The van der Waals surface area contributed by atoms with Gasteiger partial charge in [0.2, 0.25) is 0 Å². The molecule has 0 aliphatic heterocycles. The first-order valence-corrected chi connectivity index (χ1v) is 8.33. The van der Waals surface area contributed by atoms with E-state index in [-0.39, 0.29) is 23.8 Å². The predicted molar refractivity (Wildman–Crippen MR) is 85.7 cm³/mol. The highest BCUT2D eigenvalue weighted by molar-refractivity contribution is 9.10. The highest BCUT2D eigenvalue weighted by Crippen LogP contribution is 2.26. The lowest BCUT2D eigenvalue weighted by Crippen LogP contribution is -2.44. The van der Waals surface area contributed by atoms with Gasteiger partial charge in [0, 0.05) is 23.1 Å². The Hall–Kier alpha value is -0.940. The first kappa shape index (κ1) is 16.4. The number of nitrogens with two attached hydrogens (primary N) is 1. The molecule has 1 aliphatic rings. The standard InChI is InChI=1S/C16H22BrFN2O/c1-2-9-20(13-6-4-12(19)5-7-13)16(21)14-8-3-11(18)10-15(14)17/h3,8,10,12-13H,2,4-7,9,19H2,1H3. The van der Waals surface area contributed by atoms with Crippen LogP contribution in [0.3, 0.4) is 0 Å². The van der Waals surface area contributed by atoms with Crippen LogP contribution in [0.25, 0.3) is 0 Å². The summed E-state index contributed by atoms with van der Waals surface area (Å²) in [6.45, 7) is 2.79. The lowest BCUT2D eigenvalue weighted by molar-refractivity contribution is 0.0625. The van der Waals surface area contributed by atoms with Gasteiger partial charge in [-0.2, -0.15) is 0 Å². The summed E-state index contributed by atoms with van der Waals surface area (Å²) in [6, 6.07) is 4.73. The second-order valence-electron chi connectivity index (χ2n) is 5.69. The van der Waals surface area contributed by atoms with Crippen molar-refractivity contribution in [3.05, 3.63) is 34.1 Å². The average Bonchev–Trinajstić information content (AvgIpc) is 2.45. The highest BCUT2D eigenvalue weighted by atomic mass is 79.9. The minimum Gasteiger partial charge on any atom is -0.336 e. The topological polar surface area (TPSA) is 46.3 Å². The fourth-order valence-electron chi connectivity index (χ4n) is 2.92. The molecule has 0 heterocycles. The second kappa shape index (κ2) is 7.36. The SMILES string of the molecule is CCCN(C(=O)c1ccc(F)cc1Br)C1CCC(N)CC1. The summed E-state index contributed by atoms with van der Waals surface area (Å²) >= 11 is 3.29. The van der Waals surface area contributed by atoms with Crippen LogP contribution in [0.5, 0.6) is 0 Å². The van der Waals surface area contributed by atoms with Gasteiger partial charge in [-0.05, 0) is 66.2 Å². The number of nitrogens with zero attached hydrogens (tertiary/aromatic N) is 1. The van der Waals surface area contributed by atoms with E-state index in [2.05, 4.69) is 22.9 Å². The Morgan fingerprint density at radius 2 is 2.05 bits per heavy atom. The molecule has 1 amide bonds. The van der Waals surface area contributed by atoms with Crippen molar-refractivity contribution >= 4 is 21.8 Å². The maximum Gasteiger partial charge on any atom is 0.255 e. The number of carbonyl (C=O) groups is 1. The van der Waals surface area contributed by atoms with Crippen LogP contribution in [0.2, 0.25) is 0 Å².